The van der Waals surface area contributed by atoms with Gasteiger partial charge in [0.1, 0.15) is 0 Å². The van der Waals surface area contributed by atoms with E-state index >= 15 is 0 Å². The van der Waals surface area contributed by atoms with Crippen LogP contribution in [0.2, 0.25) is 0 Å². The van der Waals surface area contributed by atoms with Crippen LogP contribution in [0.3, 0.4) is 0 Å². The molecule has 0 saturated carbocycles. The van der Waals surface area contributed by atoms with Crippen LogP contribution < -0.4 is 14.4 Å². The maximum absolute atomic E-state index is 11.9. The van der Waals surface area contributed by atoms with Gasteiger partial charge in [-0.25, -0.2) is 0 Å². The van der Waals surface area contributed by atoms with Gasteiger partial charge in [-0.05, 0) is 36.2 Å². The molecule has 0 aliphatic rings. The molecule has 0 bridgehead atoms. The summed E-state index contributed by atoms with van der Waals surface area (Å²) in [6, 6.07) is 15.5. The zero-order valence-corrected chi connectivity index (χ0v) is 13.2. The fourth-order valence-electron chi connectivity index (χ4n) is 2.35. The molecule has 0 aromatic heterocycles. The number of carbonyl (C=O) groups excluding carboxylic acids is 1. The third kappa shape index (κ3) is 3.79. The molecule has 22 heavy (non-hydrogen) atoms. The Kier molecular flexibility index (Phi) is 5.42. The Labute approximate surface area is 131 Å². The Bertz CT molecular complexity index is 625. The van der Waals surface area contributed by atoms with Gasteiger partial charge in [0.2, 0.25) is 5.91 Å². The number of hydrogen-bond acceptors (Lipinski definition) is 3. The number of methoxy groups -OCH3 is 2. The second-order valence-corrected chi connectivity index (χ2v) is 4.95. The maximum atomic E-state index is 11.9. The molecule has 2 rings (SSSR count). The van der Waals surface area contributed by atoms with E-state index in [0.29, 0.717) is 18.0 Å². The third-order valence-electron chi connectivity index (χ3n) is 3.52. The van der Waals surface area contributed by atoms with E-state index in [1.54, 1.807) is 26.0 Å². The molecule has 0 spiro atoms. The van der Waals surface area contributed by atoms with E-state index in [1.165, 1.54) is 0 Å². The summed E-state index contributed by atoms with van der Waals surface area (Å²) in [7, 11) is 3.23. The van der Waals surface area contributed by atoms with Crippen LogP contribution in [-0.2, 0) is 11.2 Å². The first kappa shape index (κ1) is 15.9. The SMILES string of the molecule is COc1ccc(CCN(C(C)=O)c2ccccc2)cc1OC. The van der Waals surface area contributed by atoms with Gasteiger partial charge in [-0.2, -0.15) is 0 Å². The van der Waals surface area contributed by atoms with Crippen molar-refractivity contribution in [2.75, 3.05) is 25.7 Å². The number of amides is 1. The van der Waals surface area contributed by atoms with E-state index < -0.39 is 0 Å². The van der Waals surface area contributed by atoms with Crippen LogP contribution >= 0.6 is 0 Å². The fourth-order valence-corrected chi connectivity index (χ4v) is 2.35. The molecule has 4 heteroatoms. The fraction of sp³-hybridized carbons (Fsp3) is 0.278. The number of para-hydroxylation sites is 1. The molecular formula is C18H21NO3. The molecule has 0 aliphatic heterocycles. The van der Waals surface area contributed by atoms with Crippen LogP contribution in [0.1, 0.15) is 12.5 Å². The molecule has 1 amide bonds. The average molecular weight is 299 g/mol. The lowest BCUT2D eigenvalue weighted by Gasteiger charge is -2.21. The number of hydrogen-bond donors (Lipinski definition) is 0. The summed E-state index contributed by atoms with van der Waals surface area (Å²) in [6.45, 7) is 2.20. The highest BCUT2D eigenvalue weighted by Gasteiger charge is 2.12. The molecule has 0 atom stereocenters. The Morgan fingerprint density at radius 1 is 1.00 bits per heavy atom. The van der Waals surface area contributed by atoms with Crippen LogP contribution in [0.25, 0.3) is 0 Å². The topological polar surface area (TPSA) is 38.8 Å². The lowest BCUT2D eigenvalue weighted by molar-refractivity contribution is -0.116. The molecule has 0 saturated heterocycles. The van der Waals surface area contributed by atoms with E-state index in [-0.39, 0.29) is 5.91 Å². The molecule has 0 unspecified atom stereocenters. The highest BCUT2D eigenvalue weighted by atomic mass is 16.5. The summed E-state index contributed by atoms with van der Waals surface area (Å²) in [4.78, 5) is 13.6. The smallest absolute Gasteiger partial charge is 0.223 e. The second kappa shape index (κ2) is 7.50. The van der Waals surface area contributed by atoms with Gasteiger partial charge in [-0.3, -0.25) is 4.79 Å². The van der Waals surface area contributed by atoms with Crippen molar-refractivity contribution < 1.29 is 14.3 Å². The molecule has 0 radical (unpaired) electrons. The zero-order chi connectivity index (χ0) is 15.9. The van der Waals surface area contributed by atoms with E-state index in [1.807, 2.05) is 48.5 Å². The van der Waals surface area contributed by atoms with Crippen LogP contribution in [0.5, 0.6) is 11.5 Å². The molecule has 0 N–H and O–H groups in total. The van der Waals surface area contributed by atoms with Gasteiger partial charge in [0.25, 0.3) is 0 Å². The minimum Gasteiger partial charge on any atom is -0.493 e. The maximum Gasteiger partial charge on any atom is 0.223 e. The summed E-state index contributed by atoms with van der Waals surface area (Å²) in [5, 5.41) is 0. The first-order chi connectivity index (χ1) is 10.7. The van der Waals surface area contributed by atoms with Gasteiger partial charge in [0.05, 0.1) is 14.2 Å². The highest BCUT2D eigenvalue weighted by molar-refractivity contribution is 5.91. The van der Waals surface area contributed by atoms with Crippen LogP contribution in [-0.4, -0.2) is 26.7 Å². The molecule has 0 aliphatic carbocycles. The molecule has 116 valence electrons. The van der Waals surface area contributed by atoms with Crippen molar-refractivity contribution in [1.29, 1.82) is 0 Å². The molecule has 0 fully saturated rings. The number of carbonyl (C=O) groups is 1. The Hall–Kier alpha value is -2.49. The second-order valence-electron chi connectivity index (χ2n) is 4.95. The van der Waals surface area contributed by atoms with Crippen molar-refractivity contribution in [1.82, 2.24) is 0 Å². The molecule has 2 aromatic carbocycles. The molecule has 0 heterocycles. The molecule has 2 aromatic rings. The predicted octanol–water partition coefficient (Wildman–Crippen LogP) is 3.30. The minimum absolute atomic E-state index is 0.0340. The summed E-state index contributed by atoms with van der Waals surface area (Å²) in [6.07, 6.45) is 0.745. The zero-order valence-electron chi connectivity index (χ0n) is 13.2. The van der Waals surface area contributed by atoms with Gasteiger partial charge in [0, 0.05) is 19.2 Å². The van der Waals surface area contributed by atoms with Crippen molar-refractivity contribution in [3.05, 3.63) is 54.1 Å². The molecule has 4 nitrogen and oxygen atoms in total. The van der Waals surface area contributed by atoms with Crippen LogP contribution in [0.15, 0.2) is 48.5 Å². The van der Waals surface area contributed by atoms with Crippen molar-refractivity contribution in [3.8, 4) is 11.5 Å². The third-order valence-corrected chi connectivity index (χ3v) is 3.52. The number of benzene rings is 2. The van der Waals surface area contributed by atoms with Crippen molar-refractivity contribution in [2.45, 2.75) is 13.3 Å². The van der Waals surface area contributed by atoms with E-state index in [0.717, 1.165) is 17.7 Å². The lowest BCUT2D eigenvalue weighted by Crippen LogP contribution is -2.30. The Morgan fingerprint density at radius 2 is 1.68 bits per heavy atom. The van der Waals surface area contributed by atoms with Gasteiger partial charge in [-0.15, -0.1) is 0 Å². The van der Waals surface area contributed by atoms with E-state index in [9.17, 15) is 4.79 Å². The first-order valence-corrected chi connectivity index (χ1v) is 7.19. The van der Waals surface area contributed by atoms with Gasteiger partial charge < -0.3 is 14.4 Å². The first-order valence-electron chi connectivity index (χ1n) is 7.19. The lowest BCUT2D eigenvalue weighted by atomic mass is 10.1. The van der Waals surface area contributed by atoms with E-state index in [2.05, 4.69) is 0 Å². The predicted molar refractivity (Wildman–Crippen MR) is 87.7 cm³/mol. The molecular weight excluding hydrogens is 278 g/mol. The number of nitrogens with zero attached hydrogens (tertiary/aromatic N) is 1. The van der Waals surface area contributed by atoms with Gasteiger partial charge in [-0.1, -0.05) is 24.3 Å². The van der Waals surface area contributed by atoms with Crippen molar-refractivity contribution in [3.63, 3.8) is 0 Å². The highest BCUT2D eigenvalue weighted by Crippen LogP contribution is 2.28. The summed E-state index contributed by atoms with van der Waals surface area (Å²) < 4.78 is 10.5. The summed E-state index contributed by atoms with van der Waals surface area (Å²) in [5.41, 5.74) is 2.01. The van der Waals surface area contributed by atoms with Gasteiger partial charge >= 0.3 is 0 Å². The Balaban J connectivity index is 2.12. The quantitative estimate of drug-likeness (QED) is 0.821. The normalized spacial score (nSPS) is 10.1. The number of anilines is 1. The Morgan fingerprint density at radius 3 is 2.27 bits per heavy atom. The van der Waals surface area contributed by atoms with Crippen molar-refractivity contribution >= 4 is 11.6 Å². The summed E-state index contributed by atoms with van der Waals surface area (Å²) in [5.74, 6) is 1.44. The van der Waals surface area contributed by atoms with Crippen molar-refractivity contribution in [2.24, 2.45) is 0 Å². The summed E-state index contributed by atoms with van der Waals surface area (Å²) >= 11 is 0. The van der Waals surface area contributed by atoms with Crippen LogP contribution in [0, 0.1) is 0 Å². The van der Waals surface area contributed by atoms with Crippen LogP contribution in [0.4, 0.5) is 5.69 Å². The number of ether oxygens (including phenoxy) is 2. The standard InChI is InChI=1S/C18H21NO3/c1-14(20)19(16-7-5-4-6-8-16)12-11-15-9-10-17(21-2)18(13-15)22-3/h4-10,13H,11-12H2,1-3H3. The number of rotatable bonds is 6. The average Bonchev–Trinajstić information content (AvgIpc) is 2.55. The van der Waals surface area contributed by atoms with Gasteiger partial charge in [0.15, 0.2) is 11.5 Å². The largest absolute Gasteiger partial charge is 0.493 e. The minimum atomic E-state index is 0.0340. The van der Waals surface area contributed by atoms with E-state index in [4.69, 9.17) is 9.47 Å². The monoisotopic (exact) mass is 299 g/mol.